The first-order valence-electron chi connectivity index (χ1n) is 7.89. The van der Waals surface area contributed by atoms with E-state index < -0.39 is 5.82 Å². The molecule has 132 valence electrons. The van der Waals surface area contributed by atoms with Gasteiger partial charge in [-0.1, -0.05) is 24.3 Å². The second kappa shape index (κ2) is 8.04. The number of halogens is 1. The fraction of sp³-hybridized carbons (Fsp3) is 0.235. The highest BCUT2D eigenvalue weighted by Crippen LogP contribution is 2.16. The van der Waals surface area contributed by atoms with Crippen LogP contribution in [0.25, 0.3) is 0 Å². The molecular weight excluding hydrogens is 325 g/mol. The lowest BCUT2D eigenvalue weighted by Crippen LogP contribution is -2.33. The zero-order chi connectivity index (χ0) is 17.6. The maximum atomic E-state index is 13.5. The Labute approximate surface area is 145 Å². The molecule has 0 spiro atoms. The molecule has 7 nitrogen and oxygen atoms in total. The lowest BCUT2D eigenvalue weighted by molar-refractivity contribution is 0.0773. The number of nitrogens with one attached hydrogen (secondary N) is 4. The number of likely N-dealkylation sites (N-methyl/N-ethyl adjacent to an activating group) is 1. The number of hydrogen-bond donors (Lipinski definition) is 4. The van der Waals surface area contributed by atoms with E-state index >= 15 is 0 Å². The molecule has 2 aromatic rings. The Morgan fingerprint density at radius 2 is 1.80 bits per heavy atom. The number of ether oxygens (including phenoxy) is 1. The van der Waals surface area contributed by atoms with Crippen molar-refractivity contribution in [2.75, 3.05) is 20.2 Å². The first-order valence-corrected chi connectivity index (χ1v) is 7.89. The lowest BCUT2D eigenvalue weighted by Gasteiger charge is -2.18. The van der Waals surface area contributed by atoms with E-state index in [2.05, 4.69) is 21.9 Å². The van der Waals surface area contributed by atoms with E-state index in [-0.39, 0.29) is 24.4 Å². The molecule has 3 rings (SSSR count). The molecule has 1 heterocycles. The smallest absolute Gasteiger partial charge is 0.253 e. The Morgan fingerprint density at radius 3 is 2.48 bits per heavy atom. The van der Waals surface area contributed by atoms with E-state index in [9.17, 15) is 9.18 Å². The van der Waals surface area contributed by atoms with Gasteiger partial charge in [0.15, 0.2) is 11.6 Å². The predicted molar refractivity (Wildman–Crippen MR) is 90.6 cm³/mol. The van der Waals surface area contributed by atoms with Crippen molar-refractivity contribution in [3.8, 4) is 5.75 Å². The van der Waals surface area contributed by atoms with E-state index in [1.165, 1.54) is 6.07 Å². The van der Waals surface area contributed by atoms with Gasteiger partial charge < -0.3 is 9.64 Å². The largest absolute Gasteiger partial charge is 0.489 e. The number of benzene rings is 2. The molecule has 1 saturated heterocycles. The lowest BCUT2D eigenvalue weighted by atomic mass is 10.1. The van der Waals surface area contributed by atoms with Crippen molar-refractivity contribution in [3.05, 3.63) is 65.5 Å². The van der Waals surface area contributed by atoms with Gasteiger partial charge in [0.1, 0.15) is 12.8 Å². The van der Waals surface area contributed by atoms with E-state index in [1.807, 2.05) is 12.1 Å². The first kappa shape index (κ1) is 17.3. The Hall–Kier alpha value is -2.52. The van der Waals surface area contributed by atoms with Crippen LogP contribution in [-0.2, 0) is 0 Å². The van der Waals surface area contributed by atoms with E-state index in [0.717, 1.165) is 5.56 Å². The molecule has 1 aliphatic rings. The summed E-state index contributed by atoms with van der Waals surface area (Å²) in [5.74, 6) is -0.344. The van der Waals surface area contributed by atoms with Gasteiger partial charge in [-0.05, 0) is 29.8 Å². The second-order valence-corrected chi connectivity index (χ2v) is 5.60. The fourth-order valence-electron chi connectivity index (χ4n) is 2.41. The van der Waals surface area contributed by atoms with Gasteiger partial charge in [0.05, 0.1) is 6.54 Å². The van der Waals surface area contributed by atoms with Crippen LogP contribution in [0.2, 0.25) is 0 Å². The third kappa shape index (κ3) is 4.31. The summed E-state index contributed by atoms with van der Waals surface area (Å²) in [4.78, 5) is 14.0. The summed E-state index contributed by atoms with van der Waals surface area (Å²) in [6.07, 6.45) is -0.0731. The molecule has 0 atom stereocenters. The zero-order valence-corrected chi connectivity index (χ0v) is 13.8. The molecule has 0 aliphatic carbocycles. The Bertz CT molecular complexity index is 719. The van der Waals surface area contributed by atoms with Crippen molar-refractivity contribution in [2.45, 2.75) is 6.17 Å². The summed E-state index contributed by atoms with van der Waals surface area (Å²) in [6.45, 7) is 0.572. The molecule has 1 aliphatic heterocycles. The standard InChI is InChI=1S/C17H20FN5O2/c1-23(10-11-25-15-5-3-2-4-14(15)18)17(24)13-8-6-12(7-9-13)16-19-21-22-20-16/h2-9,16,19-22H,10-11H2,1H3. The highest BCUT2D eigenvalue weighted by atomic mass is 19.1. The molecule has 2 aromatic carbocycles. The summed E-state index contributed by atoms with van der Waals surface area (Å²) in [6, 6.07) is 13.5. The van der Waals surface area contributed by atoms with E-state index in [4.69, 9.17) is 4.74 Å². The van der Waals surface area contributed by atoms with Crippen molar-refractivity contribution >= 4 is 5.91 Å². The van der Waals surface area contributed by atoms with Gasteiger partial charge in [-0.3, -0.25) is 4.79 Å². The van der Waals surface area contributed by atoms with Crippen LogP contribution < -0.4 is 26.7 Å². The van der Waals surface area contributed by atoms with E-state index in [1.54, 1.807) is 42.3 Å². The molecule has 4 N–H and O–H groups in total. The molecule has 8 heteroatoms. The quantitative estimate of drug-likeness (QED) is 0.628. The number of rotatable bonds is 6. The predicted octanol–water partition coefficient (Wildman–Crippen LogP) is 1.09. The van der Waals surface area contributed by atoms with Crippen LogP contribution in [0.5, 0.6) is 5.75 Å². The highest BCUT2D eigenvalue weighted by Gasteiger charge is 2.16. The van der Waals surface area contributed by atoms with Crippen LogP contribution in [0, 0.1) is 5.82 Å². The maximum Gasteiger partial charge on any atom is 0.253 e. The summed E-state index contributed by atoms with van der Waals surface area (Å²) < 4.78 is 18.9. The molecule has 0 saturated carbocycles. The minimum absolute atomic E-state index is 0.0731. The number of amides is 1. The number of carbonyl (C=O) groups excluding carboxylic acids is 1. The number of hydrogen-bond acceptors (Lipinski definition) is 6. The number of nitrogens with zero attached hydrogens (tertiary/aromatic N) is 1. The summed E-state index contributed by atoms with van der Waals surface area (Å²) in [7, 11) is 1.69. The number of para-hydroxylation sites is 1. The average Bonchev–Trinajstić information content (AvgIpc) is 3.17. The minimum Gasteiger partial charge on any atom is -0.489 e. The van der Waals surface area contributed by atoms with Gasteiger partial charge in [0, 0.05) is 12.6 Å². The van der Waals surface area contributed by atoms with Crippen molar-refractivity contribution in [3.63, 3.8) is 0 Å². The fourth-order valence-corrected chi connectivity index (χ4v) is 2.41. The molecule has 0 unspecified atom stereocenters. The summed E-state index contributed by atoms with van der Waals surface area (Å²) in [5, 5.41) is 0. The van der Waals surface area contributed by atoms with Crippen molar-refractivity contribution in [2.24, 2.45) is 0 Å². The van der Waals surface area contributed by atoms with Gasteiger partial charge in [-0.25, -0.2) is 15.2 Å². The third-order valence-corrected chi connectivity index (χ3v) is 3.85. The van der Waals surface area contributed by atoms with E-state index in [0.29, 0.717) is 12.1 Å². The highest BCUT2D eigenvalue weighted by molar-refractivity contribution is 5.94. The Morgan fingerprint density at radius 1 is 1.12 bits per heavy atom. The molecule has 0 aromatic heterocycles. The summed E-state index contributed by atoms with van der Waals surface area (Å²) >= 11 is 0. The SMILES string of the molecule is CN(CCOc1ccccc1F)C(=O)c1ccc(C2NNNN2)cc1. The molecule has 0 radical (unpaired) electrons. The topological polar surface area (TPSA) is 77.7 Å². The van der Waals surface area contributed by atoms with Crippen LogP contribution in [-0.4, -0.2) is 31.0 Å². The minimum atomic E-state index is -0.412. The third-order valence-electron chi connectivity index (χ3n) is 3.85. The van der Waals surface area contributed by atoms with Gasteiger partial charge in [0.25, 0.3) is 5.91 Å². The first-order chi connectivity index (χ1) is 12.1. The molecular formula is C17H20FN5O2. The zero-order valence-electron chi connectivity index (χ0n) is 13.8. The maximum absolute atomic E-state index is 13.5. The normalized spacial score (nSPS) is 14.5. The van der Waals surface area contributed by atoms with Crippen LogP contribution in [0.3, 0.4) is 0 Å². The molecule has 0 bridgehead atoms. The summed E-state index contributed by atoms with van der Waals surface area (Å²) in [5.41, 5.74) is 13.0. The van der Waals surface area contributed by atoms with Crippen LogP contribution in [0.1, 0.15) is 22.1 Å². The van der Waals surface area contributed by atoms with Gasteiger partial charge in [-0.2, -0.15) is 11.1 Å². The Kier molecular flexibility index (Phi) is 5.56. The molecule has 1 fully saturated rings. The number of hydrazine groups is 3. The van der Waals surface area contributed by atoms with Crippen molar-refractivity contribution in [1.29, 1.82) is 0 Å². The molecule has 1 amide bonds. The average molecular weight is 345 g/mol. The van der Waals surface area contributed by atoms with Crippen molar-refractivity contribution < 1.29 is 13.9 Å². The van der Waals surface area contributed by atoms with Crippen molar-refractivity contribution in [1.82, 2.24) is 26.8 Å². The van der Waals surface area contributed by atoms with Crippen LogP contribution in [0.15, 0.2) is 48.5 Å². The van der Waals surface area contributed by atoms with Crippen LogP contribution >= 0.6 is 0 Å². The number of carbonyl (C=O) groups is 1. The Balaban J connectivity index is 1.52. The van der Waals surface area contributed by atoms with Gasteiger partial charge >= 0.3 is 0 Å². The van der Waals surface area contributed by atoms with Gasteiger partial charge in [-0.15, -0.1) is 0 Å². The second-order valence-electron chi connectivity index (χ2n) is 5.60. The monoisotopic (exact) mass is 345 g/mol. The van der Waals surface area contributed by atoms with Gasteiger partial charge in [0.2, 0.25) is 0 Å². The molecule has 25 heavy (non-hydrogen) atoms. The van der Waals surface area contributed by atoms with Crippen LogP contribution in [0.4, 0.5) is 4.39 Å².